The van der Waals surface area contributed by atoms with Gasteiger partial charge in [0.25, 0.3) is 0 Å². The van der Waals surface area contributed by atoms with E-state index >= 15 is 0 Å². The minimum atomic E-state index is -0.467. The van der Waals surface area contributed by atoms with Gasteiger partial charge >= 0.3 is 0 Å². The second-order valence-corrected chi connectivity index (χ2v) is 6.48. The number of carbonyl (C=O) groups is 1. The fraction of sp³-hybridized carbons (Fsp3) is 0.286. The Morgan fingerprint density at radius 1 is 1.07 bits per heavy atom. The number of aryl methyl sites for hydroxylation is 2. The van der Waals surface area contributed by atoms with E-state index < -0.39 is 6.04 Å². The molecule has 2 N–H and O–H groups in total. The molecule has 6 nitrogen and oxygen atoms in total. The van der Waals surface area contributed by atoms with Crippen molar-refractivity contribution < 1.29 is 9.21 Å². The molecule has 0 bridgehead atoms. The van der Waals surface area contributed by atoms with Crippen molar-refractivity contribution >= 4 is 11.9 Å². The molecular weight excluding hydrogens is 340 g/mol. The summed E-state index contributed by atoms with van der Waals surface area (Å²) in [4.78, 5) is 21.6. The van der Waals surface area contributed by atoms with Crippen molar-refractivity contribution in [2.75, 3.05) is 11.9 Å². The van der Waals surface area contributed by atoms with Crippen molar-refractivity contribution in [3.8, 4) is 0 Å². The normalized spacial score (nSPS) is 11.8. The molecule has 0 fully saturated rings. The molecule has 27 heavy (non-hydrogen) atoms. The molecule has 3 aromatic rings. The van der Waals surface area contributed by atoms with Gasteiger partial charge in [0.05, 0.1) is 6.26 Å². The maximum Gasteiger partial charge on any atom is 0.242 e. The highest BCUT2D eigenvalue weighted by Crippen LogP contribution is 2.10. The molecule has 3 rings (SSSR count). The molecule has 6 heteroatoms. The summed E-state index contributed by atoms with van der Waals surface area (Å²) in [7, 11) is 0. The number of amides is 1. The van der Waals surface area contributed by atoms with E-state index in [1.54, 1.807) is 6.26 Å². The summed E-state index contributed by atoms with van der Waals surface area (Å²) < 4.78 is 5.31. The fourth-order valence-corrected chi connectivity index (χ4v) is 2.89. The van der Waals surface area contributed by atoms with Crippen molar-refractivity contribution in [2.24, 2.45) is 0 Å². The molecular formula is C21H24N4O2. The highest BCUT2D eigenvalue weighted by molar-refractivity contribution is 5.84. The molecule has 0 aliphatic heterocycles. The van der Waals surface area contributed by atoms with Crippen LogP contribution in [0.25, 0.3) is 0 Å². The first-order valence-electron chi connectivity index (χ1n) is 9.03. The van der Waals surface area contributed by atoms with Gasteiger partial charge in [-0.2, -0.15) is 0 Å². The van der Waals surface area contributed by atoms with Crippen LogP contribution in [0.2, 0.25) is 0 Å². The van der Waals surface area contributed by atoms with Crippen LogP contribution in [0.1, 0.15) is 22.7 Å². The van der Waals surface area contributed by atoms with E-state index in [2.05, 4.69) is 20.6 Å². The van der Waals surface area contributed by atoms with E-state index in [1.807, 2.05) is 62.4 Å². The van der Waals surface area contributed by atoms with Gasteiger partial charge in [0.15, 0.2) is 0 Å². The monoisotopic (exact) mass is 364 g/mol. The average Bonchev–Trinajstić information content (AvgIpc) is 3.14. The van der Waals surface area contributed by atoms with Crippen LogP contribution in [0.15, 0.2) is 59.2 Å². The standard InChI is InChI=1S/C21H24N4O2/c1-15-13-16(2)24-21(23-15)25-19(14-17-7-4-3-5-8-17)20(26)22-11-10-18-9-6-12-27-18/h3-9,12-13,19H,10-11,14H2,1-2H3,(H,22,26)(H,23,24,25)/t19-/m1/s1. The minimum absolute atomic E-state index is 0.0897. The van der Waals surface area contributed by atoms with Gasteiger partial charge in [0.2, 0.25) is 11.9 Å². The summed E-state index contributed by atoms with van der Waals surface area (Å²) in [5.41, 5.74) is 2.80. The van der Waals surface area contributed by atoms with Gasteiger partial charge in [-0.1, -0.05) is 30.3 Å². The number of nitrogens with one attached hydrogen (secondary N) is 2. The molecule has 0 aliphatic rings. The Kier molecular flexibility index (Phi) is 6.20. The maximum atomic E-state index is 12.8. The van der Waals surface area contributed by atoms with E-state index in [9.17, 15) is 4.79 Å². The molecule has 1 amide bonds. The Bertz CT molecular complexity index is 843. The lowest BCUT2D eigenvalue weighted by atomic mass is 10.1. The third kappa shape index (κ3) is 5.67. The number of nitrogens with zero attached hydrogens (tertiary/aromatic N) is 2. The Morgan fingerprint density at radius 2 is 1.81 bits per heavy atom. The summed E-state index contributed by atoms with van der Waals surface area (Å²) in [6.07, 6.45) is 2.83. The fourth-order valence-electron chi connectivity index (χ4n) is 2.89. The van der Waals surface area contributed by atoms with Gasteiger partial charge in [-0.25, -0.2) is 9.97 Å². The quantitative estimate of drug-likeness (QED) is 0.642. The SMILES string of the molecule is Cc1cc(C)nc(N[C@H](Cc2ccccc2)C(=O)NCCc2ccco2)n1. The Morgan fingerprint density at radius 3 is 2.48 bits per heavy atom. The molecule has 0 radical (unpaired) electrons. The molecule has 0 saturated carbocycles. The zero-order valence-electron chi connectivity index (χ0n) is 15.6. The largest absolute Gasteiger partial charge is 0.469 e. The van der Waals surface area contributed by atoms with E-state index in [1.165, 1.54) is 0 Å². The lowest BCUT2D eigenvalue weighted by Gasteiger charge is -2.19. The van der Waals surface area contributed by atoms with Gasteiger partial charge in [-0.3, -0.25) is 4.79 Å². The van der Waals surface area contributed by atoms with E-state index in [-0.39, 0.29) is 5.91 Å². The molecule has 0 unspecified atom stereocenters. The lowest BCUT2D eigenvalue weighted by molar-refractivity contribution is -0.121. The van der Waals surface area contributed by atoms with Gasteiger partial charge in [-0.15, -0.1) is 0 Å². The first-order chi connectivity index (χ1) is 13.1. The molecule has 1 atom stereocenters. The van der Waals surface area contributed by atoms with Crippen molar-refractivity contribution in [3.05, 3.63) is 77.5 Å². The maximum absolute atomic E-state index is 12.8. The number of rotatable bonds is 8. The van der Waals surface area contributed by atoms with Crippen LogP contribution in [-0.4, -0.2) is 28.5 Å². The Balaban J connectivity index is 1.68. The van der Waals surface area contributed by atoms with Gasteiger partial charge in [0, 0.05) is 30.8 Å². The van der Waals surface area contributed by atoms with Gasteiger partial charge < -0.3 is 15.1 Å². The molecule has 1 aromatic carbocycles. The van der Waals surface area contributed by atoms with E-state index in [4.69, 9.17) is 4.42 Å². The number of furan rings is 1. The third-order valence-corrected chi connectivity index (χ3v) is 4.14. The van der Waals surface area contributed by atoms with E-state index in [0.717, 1.165) is 22.7 Å². The highest BCUT2D eigenvalue weighted by atomic mass is 16.3. The highest BCUT2D eigenvalue weighted by Gasteiger charge is 2.20. The molecule has 2 aromatic heterocycles. The Hall–Kier alpha value is -3.15. The van der Waals surface area contributed by atoms with Gasteiger partial charge in [0.1, 0.15) is 11.8 Å². The third-order valence-electron chi connectivity index (χ3n) is 4.14. The first kappa shape index (κ1) is 18.6. The number of anilines is 1. The number of hydrogen-bond acceptors (Lipinski definition) is 5. The summed E-state index contributed by atoms with van der Waals surface area (Å²) in [5, 5.41) is 6.17. The number of benzene rings is 1. The topological polar surface area (TPSA) is 80.0 Å². The van der Waals surface area contributed by atoms with Crippen molar-refractivity contribution in [2.45, 2.75) is 32.7 Å². The van der Waals surface area contributed by atoms with Crippen LogP contribution in [0.5, 0.6) is 0 Å². The van der Waals surface area contributed by atoms with Crippen LogP contribution in [0.4, 0.5) is 5.95 Å². The summed E-state index contributed by atoms with van der Waals surface area (Å²) >= 11 is 0. The molecule has 0 saturated heterocycles. The number of aromatic nitrogens is 2. The first-order valence-corrected chi connectivity index (χ1v) is 9.03. The number of carbonyl (C=O) groups excluding carboxylic acids is 1. The molecule has 0 aliphatic carbocycles. The minimum Gasteiger partial charge on any atom is -0.469 e. The molecule has 0 spiro atoms. The summed E-state index contributed by atoms with van der Waals surface area (Å²) in [5.74, 6) is 1.23. The van der Waals surface area contributed by atoms with Crippen LogP contribution >= 0.6 is 0 Å². The van der Waals surface area contributed by atoms with Gasteiger partial charge in [-0.05, 0) is 37.6 Å². The average molecular weight is 364 g/mol. The number of hydrogen-bond donors (Lipinski definition) is 2. The van der Waals surface area contributed by atoms with Crippen molar-refractivity contribution in [1.29, 1.82) is 0 Å². The molecule has 2 heterocycles. The summed E-state index contributed by atoms with van der Waals surface area (Å²) in [6.45, 7) is 4.33. The second kappa shape index (κ2) is 8.98. The lowest BCUT2D eigenvalue weighted by Crippen LogP contribution is -2.42. The van der Waals surface area contributed by atoms with E-state index in [0.29, 0.717) is 25.3 Å². The van der Waals surface area contributed by atoms with Crippen LogP contribution in [-0.2, 0) is 17.6 Å². The predicted octanol–water partition coefficient (Wildman–Crippen LogP) is 3.07. The Labute approximate surface area is 159 Å². The zero-order chi connectivity index (χ0) is 19.1. The molecule has 140 valence electrons. The van der Waals surface area contributed by atoms with Crippen LogP contribution < -0.4 is 10.6 Å². The van der Waals surface area contributed by atoms with Crippen molar-refractivity contribution in [1.82, 2.24) is 15.3 Å². The smallest absolute Gasteiger partial charge is 0.242 e. The zero-order valence-corrected chi connectivity index (χ0v) is 15.6. The predicted molar refractivity (Wildman–Crippen MR) is 104 cm³/mol. The summed E-state index contributed by atoms with van der Waals surface area (Å²) in [6, 6.07) is 15.1. The second-order valence-electron chi connectivity index (χ2n) is 6.48. The van der Waals surface area contributed by atoms with Crippen LogP contribution in [0.3, 0.4) is 0 Å². The van der Waals surface area contributed by atoms with Crippen molar-refractivity contribution in [3.63, 3.8) is 0 Å². The van der Waals surface area contributed by atoms with Crippen LogP contribution in [0, 0.1) is 13.8 Å².